The molecule has 2 heteroatoms. The Hall–Kier alpha value is -0.340. The van der Waals surface area contributed by atoms with E-state index in [1.54, 1.807) is 15.3 Å². The highest BCUT2D eigenvalue weighted by molar-refractivity contribution is 7.12. The molecule has 1 N–H and O–H groups in total. The number of nitrogens with one attached hydrogen (secondary N) is 1. The fourth-order valence-electron chi connectivity index (χ4n) is 2.62. The maximum Gasteiger partial charge on any atom is 0.0440 e. The molecule has 1 aliphatic rings. The van der Waals surface area contributed by atoms with E-state index in [4.69, 9.17) is 0 Å². The van der Waals surface area contributed by atoms with Crippen molar-refractivity contribution < 1.29 is 0 Å². The minimum absolute atomic E-state index is 0.579. The summed E-state index contributed by atoms with van der Waals surface area (Å²) in [6.45, 7) is 8.05. The van der Waals surface area contributed by atoms with Crippen LogP contribution in [-0.4, -0.2) is 6.54 Å². The first kappa shape index (κ1) is 13.1. The van der Waals surface area contributed by atoms with E-state index in [9.17, 15) is 0 Å². The van der Waals surface area contributed by atoms with Crippen LogP contribution in [0.2, 0.25) is 0 Å². The lowest BCUT2D eigenvalue weighted by molar-refractivity contribution is 0.382. The highest BCUT2D eigenvalue weighted by Gasteiger charge is 2.22. The Kier molecular flexibility index (Phi) is 4.63. The second-order valence-electron chi connectivity index (χ2n) is 5.27. The first-order valence-electron chi connectivity index (χ1n) is 7.11. The summed E-state index contributed by atoms with van der Waals surface area (Å²) in [5.74, 6) is 0.736. The SMILES string of the molecule is CCCNC(c1cc2c(s1)CCC2)C(C)CC. The molecule has 2 atom stereocenters. The van der Waals surface area contributed by atoms with E-state index in [0.29, 0.717) is 6.04 Å². The summed E-state index contributed by atoms with van der Waals surface area (Å²) in [5.41, 5.74) is 1.64. The zero-order chi connectivity index (χ0) is 12.3. The van der Waals surface area contributed by atoms with Crippen LogP contribution in [0.4, 0.5) is 0 Å². The number of thiophene rings is 1. The summed E-state index contributed by atoms with van der Waals surface area (Å²) in [7, 11) is 0. The molecule has 0 saturated heterocycles. The number of rotatable bonds is 6. The molecule has 0 spiro atoms. The predicted molar refractivity (Wildman–Crippen MR) is 76.8 cm³/mol. The van der Waals surface area contributed by atoms with Gasteiger partial charge in [-0.1, -0.05) is 27.2 Å². The summed E-state index contributed by atoms with van der Waals surface area (Å²) < 4.78 is 0. The molecule has 1 nitrogen and oxygen atoms in total. The van der Waals surface area contributed by atoms with E-state index in [1.165, 1.54) is 32.1 Å². The quantitative estimate of drug-likeness (QED) is 0.794. The van der Waals surface area contributed by atoms with Crippen molar-refractivity contribution in [1.82, 2.24) is 5.32 Å². The lowest BCUT2D eigenvalue weighted by Gasteiger charge is -2.23. The van der Waals surface area contributed by atoms with Gasteiger partial charge < -0.3 is 5.32 Å². The van der Waals surface area contributed by atoms with Crippen molar-refractivity contribution in [3.63, 3.8) is 0 Å². The third kappa shape index (κ3) is 2.92. The molecular weight excluding hydrogens is 226 g/mol. The van der Waals surface area contributed by atoms with E-state index in [1.807, 2.05) is 0 Å². The highest BCUT2D eigenvalue weighted by atomic mass is 32.1. The second kappa shape index (κ2) is 6.01. The molecule has 1 heterocycles. The van der Waals surface area contributed by atoms with Crippen molar-refractivity contribution in [2.75, 3.05) is 6.54 Å². The molecule has 0 radical (unpaired) electrons. The monoisotopic (exact) mass is 251 g/mol. The average molecular weight is 251 g/mol. The van der Waals surface area contributed by atoms with Crippen molar-refractivity contribution in [2.24, 2.45) is 5.92 Å². The lowest BCUT2D eigenvalue weighted by Crippen LogP contribution is -2.26. The first-order chi connectivity index (χ1) is 8.26. The summed E-state index contributed by atoms with van der Waals surface area (Å²) in [5, 5.41) is 3.74. The minimum Gasteiger partial charge on any atom is -0.309 e. The van der Waals surface area contributed by atoms with Gasteiger partial charge in [-0.3, -0.25) is 0 Å². The zero-order valence-electron chi connectivity index (χ0n) is 11.4. The smallest absolute Gasteiger partial charge is 0.0440 e. The molecule has 0 aromatic carbocycles. The maximum atomic E-state index is 3.74. The van der Waals surface area contributed by atoms with Crippen LogP contribution in [0.1, 0.15) is 61.4 Å². The van der Waals surface area contributed by atoms with Crippen LogP contribution >= 0.6 is 11.3 Å². The van der Waals surface area contributed by atoms with E-state index in [2.05, 4.69) is 43.5 Å². The van der Waals surface area contributed by atoms with Crippen molar-refractivity contribution in [3.05, 3.63) is 21.4 Å². The van der Waals surface area contributed by atoms with E-state index >= 15 is 0 Å². The number of hydrogen-bond donors (Lipinski definition) is 1. The van der Waals surface area contributed by atoms with Gasteiger partial charge in [-0.15, -0.1) is 11.3 Å². The third-order valence-corrected chi connectivity index (χ3v) is 5.22. The fraction of sp³-hybridized carbons (Fsp3) is 0.733. The second-order valence-corrected chi connectivity index (χ2v) is 6.44. The van der Waals surface area contributed by atoms with Crippen molar-refractivity contribution in [3.8, 4) is 0 Å². The Labute approximate surface area is 110 Å². The molecule has 2 rings (SSSR count). The molecule has 0 amide bonds. The topological polar surface area (TPSA) is 12.0 Å². The van der Waals surface area contributed by atoms with Gasteiger partial charge in [0, 0.05) is 15.8 Å². The summed E-state index contributed by atoms with van der Waals surface area (Å²) in [4.78, 5) is 3.24. The zero-order valence-corrected chi connectivity index (χ0v) is 12.2. The predicted octanol–water partition coefficient (Wildman–Crippen LogP) is 4.32. The summed E-state index contributed by atoms with van der Waals surface area (Å²) >= 11 is 2.06. The summed E-state index contributed by atoms with van der Waals surface area (Å²) in [6, 6.07) is 3.06. The average Bonchev–Trinajstić information content (AvgIpc) is 2.89. The Morgan fingerprint density at radius 1 is 1.35 bits per heavy atom. The van der Waals surface area contributed by atoms with E-state index in [0.717, 1.165) is 12.5 Å². The first-order valence-corrected chi connectivity index (χ1v) is 7.92. The fourth-order valence-corrected chi connectivity index (χ4v) is 4.09. The molecule has 1 aliphatic carbocycles. The normalized spacial score (nSPS) is 18.1. The number of hydrogen-bond acceptors (Lipinski definition) is 2. The van der Waals surface area contributed by atoms with Gasteiger partial charge in [-0.2, -0.15) is 0 Å². The van der Waals surface area contributed by atoms with Crippen LogP contribution in [0.15, 0.2) is 6.07 Å². The van der Waals surface area contributed by atoms with Gasteiger partial charge in [-0.05, 0) is 49.8 Å². The molecule has 0 fully saturated rings. The van der Waals surface area contributed by atoms with Crippen LogP contribution in [-0.2, 0) is 12.8 Å². The van der Waals surface area contributed by atoms with Gasteiger partial charge in [0.1, 0.15) is 0 Å². The Morgan fingerprint density at radius 2 is 2.18 bits per heavy atom. The van der Waals surface area contributed by atoms with Gasteiger partial charge >= 0.3 is 0 Å². The molecule has 96 valence electrons. The van der Waals surface area contributed by atoms with Crippen molar-refractivity contribution in [1.29, 1.82) is 0 Å². The Morgan fingerprint density at radius 3 is 2.82 bits per heavy atom. The lowest BCUT2D eigenvalue weighted by atomic mass is 9.97. The highest BCUT2D eigenvalue weighted by Crippen LogP contribution is 2.36. The van der Waals surface area contributed by atoms with Crippen LogP contribution < -0.4 is 5.32 Å². The van der Waals surface area contributed by atoms with Gasteiger partial charge in [0.25, 0.3) is 0 Å². The van der Waals surface area contributed by atoms with Gasteiger partial charge in [-0.25, -0.2) is 0 Å². The van der Waals surface area contributed by atoms with Crippen molar-refractivity contribution in [2.45, 2.75) is 58.9 Å². The van der Waals surface area contributed by atoms with Gasteiger partial charge in [0.15, 0.2) is 0 Å². The Balaban J connectivity index is 2.13. The molecule has 0 bridgehead atoms. The van der Waals surface area contributed by atoms with Crippen LogP contribution in [0.5, 0.6) is 0 Å². The molecule has 0 aliphatic heterocycles. The molecule has 1 aromatic rings. The molecule has 0 saturated carbocycles. The largest absolute Gasteiger partial charge is 0.309 e. The van der Waals surface area contributed by atoms with Crippen molar-refractivity contribution >= 4 is 11.3 Å². The standard InChI is InChI=1S/C15H25NS/c1-4-9-16-15(11(3)5-2)14-10-12-7-6-8-13(12)17-14/h10-11,15-16H,4-9H2,1-3H3. The molecule has 1 aromatic heterocycles. The summed E-state index contributed by atoms with van der Waals surface area (Å²) in [6.07, 6.45) is 6.48. The van der Waals surface area contributed by atoms with Crippen LogP contribution in [0, 0.1) is 5.92 Å². The molecule has 2 unspecified atom stereocenters. The number of fused-ring (bicyclic) bond motifs is 1. The maximum absolute atomic E-state index is 3.74. The number of aryl methyl sites for hydroxylation is 2. The van der Waals surface area contributed by atoms with E-state index < -0.39 is 0 Å². The van der Waals surface area contributed by atoms with E-state index in [-0.39, 0.29) is 0 Å². The molecular formula is C15H25NS. The van der Waals surface area contributed by atoms with Crippen LogP contribution in [0.3, 0.4) is 0 Å². The minimum atomic E-state index is 0.579. The van der Waals surface area contributed by atoms with Gasteiger partial charge in [0.05, 0.1) is 0 Å². The molecule has 17 heavy (non-hydrogen) atoms. The van der Waals surface area contributed by atoms with Crippen LogP contribution in [0.25, 0.3) is 0 Å². The van der Waals surface area contributed by atoms with Gasteiger partial charge in [0.2, 0.25) is 0 Å². The Bertz CT molecular complexity index is 334. The third-order valence-electron chi connectivity index (χ3n) is 3.90.